The van der Waals surface area contributed by atoms with Gasteiger partial charge in [-0.05, 0) is 161 Å². The molecule has 4 aliphatic heterocycles. The number of carbonyl (C=O) groups excluding carboxylic acids is 5. The highest BCUT2D eigenvalue weighted by Gasteiger charge is 2.35. The van der Waals surface area contributed by atoms with Gasteiger partial charge in [0.25, 0.3) is 23.6 Å². The highest BCUT2D eigenvalue weighted by molar-refractivity contribution is 6.13. The van der Waals surface area contributed by atoms with Gasteiger partial charge in [-0.1, -0.05) is 96.5 Å². The predicted octanol–water partition coefficient (Wildman–Crippen LogP) is 13.9. The highest BCUT2D eigenvalue weighted by Crippen LogP contribution is 2.46. The number of hydrogen-bond donors (Lipinski definition) is 12. The van der Waals surface area contributed by atoms with Crippen LogP contribution < -0.4 is 38.4 Å². The van der Waals surface area contributed by atoms with E-state index in [4.69, 9.17) is 58.6 Å². The van der Waals surface area contributed by atoms with Crippen LogP contribution in [0.2, 0.25) is 0 Å². The van der Waals surface area contributed by atoms with Crippen molar-refractivity contribution < 1.29 is 107 Å². The fraction of sp³-hybridized carbons (Fsp3) is 0.135. The van der Waals surface area contributed by atoms with E-state index in [1.54, 1.807) is 24.3 Å². The number of phenols is 3. The molecule has 4 heterocycles. The molecule has 36 nitrogen and oxygen atoms in total. The van der Waals surface area contributed by atoms with E-state index in [1.807, 2.05) is 60.7 Å². The molecule has 0 saturated carbocycles. The number of amides is 4. The zero-order chi connectivity index (χ0) is 94.4. The summed E-state index contributed by atoms with van der Waals surface area (Å²) in [7, 11) is 0. The van der Waals surface area contributed by atoms with E-state index in [0.717, 1.165) is 24.1 Å². The molecule has 1 saturated heterocycles. The van der Waals surface area contributed by atoms with Crippen molar-refractivity contribution in [3.8, 4) is 109 Å². The number of nitrogens with two attached hydrogens (primary N) is 2. The summed E-state index contributed by atoms with van der Waals surface area (Å²) in [5.74, 6) is -5.40. The number of rotatable bonds is 24. The average Bonchev–Trinajstić information content (AvgIpc) is 0.765. The second-order valence-electron chi connectivity index (χ2n) is 28.9. The van der Waals surface area contributed by atoms with Crippen LogP contribution in [0.15, 0.2) is 262 Å². The minimum atomic E-state index is -1.36. The molecule has 0 spiro atoms. The molecule has 8 aromatic carbocycles. The maximum absolute atomic E-state index is 13.2. The molecule has 666 valence electrons. The summed E-state index contributed by atoms with van der Waals surface area (Å²) in [5, 5.41) is 91.1. The van der Waals surface area contributed by atoms with Crippen LogP contribution >= 0.6 is 0 Å². The Morgan fingerprint density at radius 1 is 0.447 bits per heavy atom. The molecule has 15 rings (SSSR count). The molecular weight excluding hydrogens is 1710 g/mol. The molecule has 132 heavy (non-hydrogen) atoms. The van der Waals surface area contributed by atoms with Crippen molar-refractivity contribution in [3.05, 3.63) is 321 Å². The Hall–Kier alpha value is -18.2. The number of hydroxylamine groups is 2. The number of aliphatic carboxylic acids is 2. The van der Waals surface area contributed by atoms with Gasteiger partial charge in [-0.25, -0.2) is 24.0 Å². The predicted molar refractivity (Wildman–Crippen MR) is 482 cm³/mol. The second kappa shape index (κ2) is 43.6. The Bertz CT molecular complexity index is 7110. The smallest absolute Gasteiger partial charge is 0.363 e. The van der Waals surface area contributed by atoms with Gasteiger partial charge in [0.1, 0.15) is 63.4 Å². The number of carbonyl (C=O) groups is 10. The fourth-order valence-electron chi connectivity index (χ4n) is 13.8. The SMILES string of the molecule is C.C#CCC(N)C(=O)O.C#CCC(NC(=O)c1ccc(-c2c3ccc(=O)cc-3oc3cc(O)ccc23)c(C(=O)O)c1)C(=O)O.O=C(ON1C(=O)CCC1=O)c1ccc(-c2c3ccc(=O)cc-3oc3cc(O)ccc23)c(C(=O)O)c1.[N-]=[N+]=NCC(Cc1ccccc1)NC(=O)c1ccc(-c2c3ccc(=O)cc-3oc3cc(O)ccc23)c(C(=O)O)c1.[N-]=[N+]=NCC(N)Cc1ccccc1. The number of fused-ring (bicyclic) bond motifs is 6. The van der Waals surface area contributed by atoms with Crippen molar-refractivity contribution in [3.63, 3.8) is 0 Å². The van der Waals surface area contributed by atoms with Crippen LogP contribution in [0.5, 0.6) is 17.2 Å². The first-order valence-electron chi connectivity index (χ1n) is 39.1. The monoisotopic (exact) mass is 1780 g/mol. The Kier molecular flexibility index (Phi) is 31.7. The number of azide groups is 2. The third kappa shape index (κ3) is 23.5. The third-order valence-electron chi connectivity index (χ3n) is 19.9. The number of aromatic hydroxyl groups is 3. The first-order valence-corrected chi connectivity index (χ1v) is 39.1. The zero-order valence-corrected chi connectivity index (χ0v) is 68.3. The topological polar surface area (TPSA) is 609 Å². The van der Waals surface area contributed by atoms with Crippen LogP contribution in [0, 0.1) is 24.7 Å². The lowest BCUT2D eigenvalue weighted by Crippen LogP contribution is -2.40. The Morgan fingerprint density at radius 3 is 1.17 bits per heavy atom. The van der Waals surface area contributed by atoms with Gasteiger partial charge in [-0.3, -0.25) is 38.4 Å². The second-order valence-corrected chi connectivity index (χ2v) is 28.9. The molecule has 0 radical (unpaired) electrons. The van der Waals surface area contributed by atoms with Gasteiger partial charge in [0, 0.05) is 158 Å². The lowest BCUT2D eigenvalue weighted by molar-refractivity contribution is -0.172. The average molecular weight is 1780 g/mol. The molecule has 4 atom stereocenters. The van der Waals surface area contributed by atoms with Gasteiger partial charge in [0.05, 0.1) is 22.3 Å². The van der Waals surface area contributed by atoms with Gasteiger partial charge in [-0.15, -0.1) is 29.8 Å². The summed E-state index contributed by atoms with van der Waals surface area (Å²) < 4.78 is 17.4. The van der Waals surface area contributed by atoms with Gasteiger partial charge in [0.2, 0.25) is 0 Å². The van der Waals surface area contributed by atoms with E-state index >= 15 is 0 Å². The molecule has 7 aliphatic rings. The van der Waals surface area contributed by atoms with Gasteiger partial charge >= 0.3 is 35.8 Å². The van der Waals surface area contributed by atoms with E-state index in [1.165, 1.54) is 133 Å². The van der Waals surface area contributed by atoms with Crippen LogP contribution in [0.4, 0.5) is 0 Å². The van der Waals surface area contributed by atoms with Gasteiger partial charge < -0.3 is 81.0 Å². The van der Waals surface area contributed by atoms with E-state index in [0.29, 0.717) is 73.1 Å². The summed E-state index contributed by atoms with van der Waals surface area (Å²) in [6, 6.07) is 53.8. The lowest BCUT2D eigenvalue weighted by atomic mass is 9.89. The van der Waals surface area contributed by atoms with Crippen molar-refractivity contribution in [2.45, 2.75) is 70.1 Å². The van der Waals surface area contributed by atoms with Crippen LogP contribution in [0.3, 0.4) is 0 Å². The molecule has 0 bridgehead atoms. The van der Waals surface area contributed by atoms with Crippen LogP contribution in [0.25, 0.3) is 121 Å². The van der Waals surface area contributed by atoms with E-state index in [2.05, 4.69) is 42.5 Å². The van der Waals surface area contributed by atoms with Crippen molar-refractivity contribution >= 4 is 92.4 Å². The molecule has 36 heteroatoms. The minimum absolute atomic E-state index is 0. The van der Waals surface area contributed by atoms with Crippen molar-refractivity contribution in [1.82, 2.24) is 15.7 Å². The van der Waals surface area contributed by atoms with Crippen molar-refractivity contribution in [2.75, 3.05) is 13.1 Å². The summed E-state index contributed by atoms with van der Waals surface area (Å²) in [4.78, 5) is 166. The first kappa shape index (κ1) is 96.0. The van der Waals surface area contributed by atoms with Gasteiger partial charge in [-0.2, -0.15) is 0 Å². The number of terminal acetylenes is 2. The Labute approximate surface area is 746 Å². The number of nitrogens with zero attached hydrogens (tertiary/aromatic N) is 7. The van der Waals surface area contributed by atoms with E-state index in [-0.39, 0.29) is 158 Å². The maximum atomic E-state index is 13.2. The van der Waals surface area contributed by atoms with Crippen LogP contribution in [-0.4, -0.2) is 143 Å². The van der Waals surface area contributed by atoms with E-state index in [9.17, 15) is 98.1 Å². The van der Waals surface area contributed by atoms with Crippen LogP contribution in [-0.2, 0) is 36.9 Å². The molecule has 14 N–H and O–H groups in total. The van der Waals surface area contributed by atoms with Crippen molar-refractivity contribution in [2.24, 2.45) is 21.7 Å². The minimum Gasteiger partial charge on any atom is -0.508 e. The summed E-state index contributed by atoms with van der Waals surface area (Å²) in [5.41, 5.74) is 32.0. The Balaban J connectivity index is 0.000000184. The third-order valence-corrected chi connectivity index (χ3v) is 19.9. The highest BCUT2D eigenvalue weighted by atomic mass is 16.7. The molecule has 4 unspecified atom stereocenters. The normalized spacial score (nSPS) is 12.1. The standard InChI is InChI=1S/C30H22N4O6.C26H17NO8.C25H15NO9.C9H12N4.C5H7NO2.CH4/c31-34-32-16-19(12-17-4-2-1-3-5-17)33-29(37)18-6-9-22(25(13-18)30(38)39)28-23-10-7-20(35)14-26(23)40-27-15-21(36)8-11-24(27)28;1-2-3-20(26(33)34)27-24(30)13-4-7-16(19(10-13)25(31)32)23-17-8-5-14(28)11-21(17)35-22-12-15(29)6-9-18(22)23;27-13-2-5-16-19(10-13)34-20-11-14(28)3-6-17(20)23(16)15-4-1-12(9-18(15)24(31)32)25(33)35-26-21(29)7-8-22(26)30;10-9(7-12-13-11)6-8-4-2-1-3-5-8;1-2-3-4(6)5(7)8;/h1-11,13-15,19,35H,12,16H2,(H,33,37)(H,38,39);1,4-12,20,28H,3H2,(H,27,30)(H,31,32)(H,33,34);1-6,9-11,27H,7-8H2,(H,31,32);1-5,9H,6-7,10H2;1,4H,3,6H2,(H,7,8);1H4. The molecule has 3 aliphatic carbocycles. The molecule has 8 aromatic rings. The summed E-state index contributed by atoms with van der Waals surface area (Å²) in [6.45, 7) is 0.368. The number of imide groups is 1. The lowest BCUT2D eigenvalue weighted by Gasteiger charge is -2.19. The van der Waals surface area contributed by atoms with E-state index < -0.39 is 77.6 Å². The molecule has 0 aromatic heterocycles. The maximum Gasteiger partial charge on any atom is 0.363 e. The zero-order valence-electron chi connectivity index (χ0n) is 68.3. The molecular formula is C96H77N11O25. The van der Waals surface area contributed by atoms with Gasteiger partial charge in [0.15, 0.2) is 16.3 Å². The molecule has 1 fully saturated rings. The number of carboxylic acids is 5. The number of carboxylic acid groups (broad SMARTS) is 5. The van der Waals surface area contributed by atoms with Crippen LogP contribution in [0.1, 0.15) is 106 Å². The molecule has 4 amide bonds. The fourth-order valence-corrected chi connectivity index (χ4v) is 13.8. The number of phenolic OH excluding ortho intramolecular Hbond substituents is 3. The number of hydrogen-bond acceptors (Lipinski definition) is 24. The number of aromatic carboxylic acids is 3. The number of nitrogens with one attached hydrogen (secondary N) is 2. The summed E-state index contributed by atoms with van der Waals surface area (Å²) >= 11 is 0. The van der Waals surface area contributed by atoms with Crippen molar-refractivity contribution in [1.29, 1.82) is 0 Å². The largest absolute Gasteiger partial charge is 0.508 e. The first-order chi connectivity index (χ1) is 62.8. The number of benzene rings is 11. The quantitative estimate of drug-likeness (QED) is 0.00667. The summed E-state index contributed by atoms with van der Waals surface area (Å²) in [6.07, 6.45) is 10.8. The Morgan fingerprint density at radius 2 is 0.811 bits per heavy atom.